The Hall–Kier alpha value is -2.82. The molecule has 2 aromatic carbocycles. The molecule has 0 heterocycles. The average Bonchev–Trinajstić information content (AvgIpc) is 2.60. The second-order valence-electron chi connectivity index (χ2n) is 5.35. The summed E-state index contributed by atoms with van der Waals surface area (Å²) < 4.78 is 10.5. The molecule has 0 aliphatic rings. The number of hydrogen-bond acceptors (Lipinski definition) is 4. The number of rotatable bonds is 7. The molecule has 0 radical (unpaired) electrons. The number of Topliss-reactive ketones (excluding diaryl/α,β-unsaturated/α-hetero) is 1. The molecular formula is C19H21NO4. The van der Waals surface area contributed by atoms with E-state index in [0.717, 1.165) is 11.3 Å². The van der Waals surface area contributed by atoms with E-state index in [1.54, 1.807) is 32.4 Å². The largest absolute Gasteiger partial charge is 0.496 e. The van der Waals surface area contributed by atoms with Gasteiger partial charge in [0.25, 0.3) is 0 Å². The Morgan fingerprint density at radius 3 is 2.29 bits per heavy atom. The van der Waals surface area contributed by atoms with E-state index in [0.29, 0.717) is 23.4 Å². The van der Waals surface area contributed by atoms with Gasteiger partial charge >= 0.3 is 0 Å². The first kappa shape index (κ1) is 17.5. The molecule has 0 aliphatic carbocycles. The van der Waals surface area contributed by atoms with Crippen molar-refractivity contribution in [3.05, 3.63) is 59.2 Å². The monoisotopic (exact) mass is 327 g/mol. The van der Waals surface area contributed by atoms with Gasteiger partial charge in [-0.25, -0.2) is 0 Å². The van der Waals surface area contributed by atoms with Crippen molar-refractivity contribution in [2.75, 3.05) is 14.2 Å². The van der Waals surface area contributed by atoms with Gasteiger partial charge in [0.2, 0.25) is 5.91 Å². The molecule has 5 nitrogen and oxygen atoms in total. The highest BCUT2D eigenvalue weighted by molar-refractivity contribution is 5.94. The minimum absolute atomic E-state index is 0.0478. The molecule has 24 heavy (non-hydrogen) atoms. The first-order valence-corrected chi connectivity index (χ1v) is 7.61. The van der Waals surface area contributed by atoms with Gasteiger partial charge in [0.05, 0.1) is 20.6 Å². The van der Waals surface area contributed by atoms with Gasteiger partial charge in [-0.1, -0.05) is 18.2 Å². The van der Waals surface area contributed by atoms with E-state index in [2.05, 4.69) is 5.32 Å². The molecule has 0 fully saturated rings. The molecular weight excluding hydrogens is 306 g/mol. The third kappa shape index (κ3) is 4.35. The van der Waals surface area contributed by atoms with Gasteiger partial charge in [0.15, 0.2) is 5.78 Å². The van der Waals surface area contributed by atoms with Gasteiger partial charge in [-0.2, -0.15) is 0 Å². The molecule has 1 amide bonds. The number of para-hydroxylation sites is 1. The van der Waals surface area contributed by atoms with E-state index < -0.39 is 0 Å². The fourth-order valence-corrected chi connectivity index (χ4v) is 2.41. The SMILES string of the molecule is COc1ccccc1CNC(=O)Cc1cc(C(C)=O)ccc1OC. The summed E-state index contributed by atoms with van der Waals surface area (Å²) in [6.07, 6.45) is 0.138. The van der Waals surface area contributed by atoms with Crippen LogP contribution in [0.5, 0.6) is 11.5 Å². The Morgan fingerprint density at radius 2 is 1.62 bits per heavy atom. The number of amides is 1. The van der Waals surface area contributed by atoms with Crippen molar-refractivity contribution in [2.45, 2.75) is 19.9 Å². The highest BCUT2D eigenvalue weighted by Gasteiger charge is 2.12. The van der Waals surface area contributed by atoms with Crippen LogP contribution in [0.4, 0.5) is 0 Å². The van der Waals surface area contributed by atoms with E-state index in [-0.39, 0.29) is 18.1 Å². The van der Waals surface area contributed by atoms with E-state index in [9.17, 15) is 9.59 Å². The van der Waals surface area contributed by atoms with Crippen LogP contribution in [0, 0.1) is 0 Å². The van der Waals surface area contributed by atoms with Crippen molar-refractivity contribution in [2.24, 2.45) is 0 Å². The maximum absolute atomic E-state index is 12.2. The number of ether oxygens (including phenoxy) is 2. The molecule has 0 atom stereocenters. The number of carbonyl (C=O) groups excluding carboxylic acids is 2. The highest BCUT2D eigenvalue weighted by atomic mass is 16.5. The molecule has 2 rings (SSSR count). The molecule has 0 spiro atoms. The number of methoxy groups -OCH3 is 2. The Morgan fingerprint density at radius 1 is 0.958 bits per heavy atom. The highest BCUT2D eigenvalue weighted by Crippen LogP contribution is 2.21. The maximum atomic E-state index is 12.2. The Bertz CT molecular complexity index is 740. The van der Waals surface area contributed by atoms with Gasteiger partial charge in [0.1, 0.15) is 11.5 Å². The molecule has 0 unspecified atom stereocenters. The summed E-state index contributed by atoms with van der Waals surface area (Å²) in [6.45, 7) is 1.87. The van der Waals surface area contributed by atoms with Crippen LogP contribution in [0.15, 0.2) is 42.5 Å². The molecule has 5 heteroatoms. The lowest BCUT2D eigenvalue weighted by Gasteiger charge is -2.12. The molecule has 126 valence electrons. The number of hydrogen-bond donors (Lipinski definition) is 1. The van der Waals surface area contributed by atoms with Crippen LogP contribution in [-0.4, -0.2) is 25.9 Å². The predicted octanol–water partition coefficient (Wildman–Crippen LogP) is 2.77. The quantitative estimate of drug-likeness (QED) is 0.794. The smallest absolute Gasteiger partial charge is 0.224 e. The summed E-state index contributed by atoms with van der Waals surface area (Å²) in [5.41, 5.74) is 2.14. The van der Waals surface area contributed by atoms with Gasteiger partial charge in [0, 0.05) is 23.2 Å². The van der Waals surface area contributed by atoms with Crippen molar-refractivity contribution in [1.29, 1.82) is 0 Å². The number of ketones is 1. The summed E-state index contributed by atoms with van der Waals surface area (Å²) in [7, 11) is 3.14. The fraction of sp³-hybridized carbons (Fsp3) is 0.263. The second-order valence-corrected chi connectivity index (χ2v) is 5.35. The molecule has 0 saturated carbocycles. The van der Waals surface area contributed by atoms with Gasteiger partial charge in [-0.3, -0.25) is 9.59 Å². The summed E-state index contributed by atoms with van der Waals surface area (Å²) in [5, 5.41) is 2.86. The Balaban J connectivity index is 2.06. The normalized spacial score (nSPS) is 10.1. The van der Waals surface area contributed by atoms with Crippen molar-refractivity contribution < 1.29 is 19.1 Å². The summed E-state index contributed by atoms with van der Waals surface area (Å²) in [5.74, 6) is 1.12. The number of nitrogens with one attached hydrogen (secondary N) is 1. The lowest BCUT2D eigenvalue weighted by Crippen LogP contribution is -2.25. The van der Waals surface area contributed by atoms with Crippen molar-refractivity contribution in [3.8, 4) is 11.5 Å². The Kier molecular flexibility index (Phi) is 5.95. The van der Waals surface area contributed by atoms with E-state index in [1.165, 1.54) is 6.92 Å². The number of benzene rings is 2. The van der Waals surface area contributed by atoms with Crippen molar-refractivity contribution in [3.63, 3.8) is 0 Å². The number of carbonyl (C=O) groups is 2. The molecule has 0 aliphatic heterocycles. The van der Waals surface area contributed by atoms with Crippen LogP contribution in [0.1, 0.15) is 28.4 Å². The van der Waals surface area contributed by atoms with Gasteiger partial charge in [-0.05, 0) is 31.2 Å². The zero-order valence-corrected chi connectivity index (χ0v) is 14.1. The standard InChI is InChI=1S/C19H21NO4/c1-13(21)14-8-9-18(24-3)16(10-14)11-19(22)20-12-15-6-4-5-7-17(15)23-2/h4-10H,11-12H2,1-3H3,(H,20,22). The first-order valence-electron chi connectivity index (χ1n) is 7.61. The van der Waals surface area contributed by atoms with Crippen LogP contribution < -0.4 is 14.8 Å². The zero-order valence-electron chi connectivity index (χ0n) is 14.1. The molecule has 1 N–H and O–H groups in total. The zero-order chi connectivity index (χ0) is 17.5. The van der Waals surface area contributed by atoms with Gasteiger partial charge in [-0.15, -0.1) is 0 Å². The first-order chi connectivity index (χ1) is 11.5. The van der Waals surface area contributed by atoms with Crippen LogP contribution in [0.2, 0.25) is 0 Å². The topological polar surface area (TPSA) is 64.6 Å². The van der Waals surface area contributed by atoms with Crippen LogP contribution in [0.3, 0.4) is 0 Å². The lowest BCUT2D eigenvalue weighted by atomic mass is 10.0. The van der Waals surface area contributed by atoms with Crippen LogP contribution in [0.25, 0.3) is 0 Å². The van der Waals surface area contributed by atoms with Crippen LogP contribution in [-0.2, 0) is 17.8 Å². The van der Waals surface area contributed by atoms with Crippen molar-refractivity contribution in [1.82, 2.24) is 5.32 Å². The summed E-state index contributed by atoms with van der Waals surface area (Å²) >= 11 is 0. The van der Waals surface area contributed by atoms with Gasteiger partial charge < -0.3 is 14.8 Å². The third-order valence-electron chi connectivity index (χ3n) is 3.71. The lowest BCUT2D eigenvalue weighted by molar-refractivity contribution is -0.120. The Labute approximate surface area is 141 Å². The maximum Gasteiger partial charge on any atom is 0.224 e. The average molecular weight is 327 g/mol. The summed E-state index contributed by atoms with van der Waals surface area (Å²) in [6, 6.07) is 12.6. The molecule has 2 aromatic rings. The van der Waals surface area contributed by atoms with E-state index >= 15 is 0 Å². The summed E-state index contributed by atoms with van der Waals surface area (Å²) in [4.78, 5) is 23.8. The molecule has 0 aromatic heterocycles. The predicted molar refractivity (Wildman–Crippen MR) is 91.5 cm³/mol. The molecule has 0 bridgehead atoms. The minimum Gasteiger partial charge on any atom is -0.496 e. The van der Waals surface area contributed by atoms with Crippen LogP contribution >= 0.6 is 0 Å². The second kappa shape index (κ2) is 8.15. The minimum atomic E-state index is -0.153. The third-order valence-corrected chi connectivity index (χ3v) is 3.71. The van der Waals surface area contributed by atoms with E-state index in [4.69, 9.17) is 9.47 Å². The van der Waals surface area contributed by atoms with E-state index in [1.807, 2.05) is 24.3 Å². The van der Waals surface area contributed by atoms with Crippen molar-refractivity contribution >= 4 is 11.7 Å². The fourth-order valence-electron chi connectivity index (χ4n) is 2.41. The molecule has 0 saturated heterocycles.